The highest BCUT2D eigenvalue weighted by atomic mass is 16.5. The van der Waals surface area contributed by atoms with Crippen molar-refractivity contribution in [1.82, 2.24) is 5.32 Å². The minimum absolute atomic E-state index is 0.0988. The van der Waals surface area contributed by atoms with Crippen LogP contribution in [0.15, 0.2) is 24.3 Å². The fourth-order valence-electron chi connectivity index (χ4n) is 1.90. The molecule has 0 aliphatic carbocycles. The molecule has 0 radical (unpaired) electrons. The first-order valence-corrected chi connectivity index (χ1v) is 5.71. The van der Waals surface area contributed by atoms with E-state index in [-0.39, 0.29) is 18.1 Å². The second-order valence-electron chi connectivity index (χ2n) is 4.16. The van der Waals surface area contributed by atoms with Gasteiger partial charge in [0, 0.05) is 6.04 Å². The SMILES string of the molecule is COC(=O)C1NC1CCc1ccc(OC)cc1. The minimum atomic E-state index is -0.162. The largest absolute Gasteiger partial charge is 0.497 e. The lowest BCUT2D eigenvalue weighted by molar-refractivity contribution is -0.140. The molecule has 1 N–H and O–H groups in total. The van der Waals surface area contributed by atoms with Gasteiger partial charge in [-0.2, -0.15) is 0 Å². The van der Waals surface area contributed by atoms with Crippen molar-refractivity contribution in [2.75, 3.05) is 14.2 Å². The van der Waals surface area contributed by atoms with E-state index < -0.39 is 0 Å². The van der Waals surface area contributed by atoms with E-state index in [9.17, 15) is 4.79 Å². The number of benzene rings is 1. The predicted octanol–water partition coefficient (Wildman–Crippen LogP) is 1.14. The molecule has 1 saturated heterocycles. The van der Waals surface area contributed by atoms with E-state index in [1.807, 2.05) is 24.3 Å². The van der Waals surface area contributed by atoms with E-state index in [1.54, 1.807) is 7.11 Å². The molecule has 2 unspecified atom stereocenters. The van der Waals surface area contributed by atoms with Crippen LogP contribution in [0.4, 0.5) is 0 Å². The first-order valence-electron chi connectivity index (χ1n) is 5.71. The zero-order valence-electron chi connectivity index (χ0n) is 10.1. The fraction of sp³-hybridized carbons (Fsp3) is 0.462. The quantitative estimate of drug-likeness (QED) is 0.614. The van der Waals surface area contributed by atoms with Crippen LogP contribution in [0.2, 0.25) is 0 Å². The van der Waals surface area contributed by atoms with Crippen molar-refractivity contribution in [3.05, 3.63) is 29.8 Å². The summed E-state index contributed by atoms with van der Waals surface area (Å²) >= 11 is 0. The van der Waals surface area contributed by atoms with Gasteiger partial charge in [0.1, 0.15) is 11.8 Å². The number of esters is 1. The molecule has 0 spiro atoms. The van der Waals surface area contributed by atoms with Crippen LogP contribution in [0.3, 0.4) is 0 Å². The summed E-state index contributed by atoms with van der Waals surface area (Å²) in [5.74, 6) is 0.704. The van der Waals surface area contributed by atoms with Gasteiger partial charge in [-0.1, -0.05) is 12.1 Å². The van der Waals surface area contributed by atoms with Gasteiger partial charge in [0.05, 0.1) is 14.2 Å². The van der Waals surface area contributed by atoms with Crippen LogP contribution in [-0.4, -0.2) is 32.3 Å². The molecule has 4 heteroatoms. The first kappa shape index (κ1) is 11.9. The Labute approximate surface area is 101 Å². The first-order chi connectivity index (χ1) is 8.24. The van der Waals surface area contributed by atoms with Crippen molar-refractivity contribution in [3.8, 4) is 5.75 Å². The number of carbonyl (C=O) groups excluding carboxylic acids is 1. The third kappa shape index (κ3) is 2.97. The summed E-state index contributed by atoms with van der Waals surface area (Å²) in [5.41, 5.74) is 1.25. The molecule has 92 valence electrons. The summed E-state index contributed by atoms with van der Waals surface area (Å²) in [6, 6.07) is 8.17. The standard InChI is InChI=1S/C13H17NO3/c1-16-10-6-3-9(4-7-10)5-8-11-12(14-11)13(15)17-2/h3-4,6-7,11-12,14H,5,8H2,1-2H3. The van der Waals surface area contributed by atoms with Crippen molar-refractivity contribution in [3.63, 3.8) is 0 Å². The van der Waals surface area contributed by atoms with Crippen molar-refractivity contribution in [2.24, 2.45) is 0 Å². The van der Waals surface area contributed by atoms with E-state index in [0.29, 0.717) is 0 Å². The maximum atomic E-state index is 11.2. The van der Waals surface area contributed by atoms with Gasteiger partial charge in [0.25, 0.3) is 0 Å². The molecule has 1 fully saturated rings. The normalized spacial score (nSPS) is 22.0. The molecular formula is C13H17NO3. The lowest BCUT2D eigenvalue weighted by atomic mass is 10.1. The maximum absolute atomic E-state index is 11.2. The molecule has 4 nitrogen and oxygen atoms in total. The zero-order chi connectivity index (χ0) is 12.3. The smallest absolute Gasteiger partial charge is 0.324 e. The topological polar surface area (TPSA) is 57.5 Å². The molecule has 0 amide bonds. The number of ether oxygens (including phenoxy) is 2. The average Bonchev–Trinajstić information content (AvgIpc) is 3.15. The number of carbonyl (C=O) groups is 1. The summed E-state index contributed by atoms with van der Waals surface area (Å²) < 4.78 is 9.77. The molecule has 2 rings (SSSR count). The number of hydrogen-bond acceptors (Lipinski definition) is 4. The molecule has 1 aromatic rings. The summed E-state index contributed by atoms with van der Waals surface area (Å²) in [6.45, 7) is 0. The van der Waals surface area contributed by atoms with Crippen LogP contribution < -0.4 is 10.1 Å². The summed E-state index contributed by atoms with van der Waals surface area (Å²) in [6.07, 6.45) is 1.90. The van der Waals surface area contributed by atoms with Crippen LogP contribution in [0, 0.1) is 0 Å². The molecule has 0 saturated carbocycles. The Hall–Kier alpha value is -1.55. The highest BCUT2D eigenvalue weighted by molar-refractivity contribution is 5.80. The number of hydrogen-bond donors (Lipinski definition) is 1. The van der Waals surface area contributed by atoms with Gasteiger partial charge < -0.3 is 9.47 Å². The second-order valence-corrected chi connectivity index (χ2v) is 4.16. The molecule has 0 bridgehead atoms. The molecule has 1 aromatic carbocycles. The Kier molecular flexibility index (Phi) is 3.64. The van der Waals surface area contributed by atoms with E-state index in [2.05, 4.69) is 10.1 Å². The molecule has 17 heavy (non-hydrogen) atoms. The molecule has 1 aliphatic rings. The second kappa shape index (κ2) is 5.19. The highest BCUT2D eigenvalue weighted by Crippen LogP contribution is 2.20. The maximum Gasteiger partial charge on any atom is 0.324 e. The van der Waals surface area contributed by atoms with E-state index in [4.69, 9.17) is 4.74 Å². The third-order valence-corrected chi connectivity index (χ3v) is 3.05. The number of methoxy groups -OCH3 is 2. The van der Waals surface area contributed by atoms with E-state index >= 15 is 0 Å². The Morgan fingerprint density at radius 2 is 2.00 bits per heavy atom. The fourth-order valence-corrected chi connectivity index (χ4v) is 1.90. The molecule has 1 aliphatic heterocycles. The van der Waals surface area contributed by atoms with Crippen molar-refractivity contribution < 1.29 is 14.3 Å². The average molecular weight is 235 g/mol. The Bertz CT molecular complexity index is 388. The predicted molar refractivity (Wildman–Crippen MR) is 64.0 cm³/mol. The molecule has 1 heterocycles. The summed E-state index contributed by atoms with van der Waals surface area (Å²) in [5, 5.41) is 3.11. The summed E-state index contributed by atoms with van der Waals surface area (Å²) in [7, 11) is 3.08. The van der Waals surface area contributed by atoms with Crippen LogP contribution in [-0.2, 0) is 16.0 Å². The van der Waals surface area contributed by atoms with Gasteiger partial charge >= 0.3 is 5.97 Å². The number of aryl methyl sites for hydroxylation is 1. The van der Waals surface area contributed by atoms with Gasteiger partial charge in [-0.05, 0) is 30.5 Å². The number of nitrogens with one attached hydrogen (secondary N) is 1. The zero-order valence-corrected chi connectivity index (χ0v) is 10.1. The number of rotatable bonds is 5. The minimum Gasteiger partial charge on any atom is -0.497 e. The molecule has 2 atom stereocenters. The van der Waals surface area contributed by atoms with Crippen LogP contribution >= 0.6 is 0 Å². The molecule has 0 aromatic heterocycles. The molecular weight excluding hydrogens is 218 g/mol. The lowest BCUT2D eigenvalue weighted by Crippen LogP contribution is -2.12. The van der Waals surface area contributed by atoms with Crippen LogP contribution in [0.25, 0.3) is 0 Å². The van der Waals surface area contributed by atoms with Crippen molar-refractivity contribution in [1.29, 1.82) is 0 Å². The van der Waals surface area contributed by atoms with Crippen LogP contribution in [0.1, 0.15) is 12.0 Å². The van der Waals surface area contributed by atoms with Gasteiger partial charge in [-0.25, -0.2) is 0 Å². The van der Waals surface area contributed by atoms with Crippen LogP contribution in [0.5, 0.6) is 5.75 Å². The van der Waals surface area contributed by atoms with E-state index in [1.165, 1.54) is 12.7 Å². The van der Waals surface area contributed by atoms with Gasteiger partial charge in [-0.3, -0.25) is 10.1 Å². The van der Waals surface area contributed by atoms with Crippen molar-refractivity contribution >= 4 is 5.97 Å². The van der Waals surface area contributed by atoms with Gasteiger partial charge in [-0.15, -0.1) is 0 Å². The monoisotopic (exact) mass is 235 g/mol. The Morgan fingerprint density at radius 3 is 2.59 bits per heavy atom. The van der Waals surface area contributed by atoms with Gasteiger partial charge in [0.15, 0.2) is 0 Å². The third-order valence-electron chi connectivity index (χ3n) is 3.05. The summed E-state index contributed by atoms with van der Waals surface area (Å²) in [4.78, 5) is 11.2. The van der Waals surface area contributed by atoms with E-state index in [0.717, 1.165) is 18.6 Å². The Balaban J connectivity index is 1.77. The van der Waals surface area contributed by atoms with Crippen molar-refractivity contribution in [2.45, 2.75) is 24.9 Å². The Morgan fingerprint density at radius 1 is 1.29 bits per heavy atom. The lowest BCUT2D eigenvalue weighted by Gasteiger charge is -2.02. The highest BCUT2D eigenvalue weighted by Gasteiger charge is 2.42. The van der Waals surface area contributed by atoms with Gasteiger partial charge in [0.2, 0.25) is 0 Å².